The predicted octanol–water partition coefficient (Wildman–Crippen LogP) is -0.301. The third-order valence-corrected chi connectivity index (χ3v) is 2.66. The average molecular weight is 241 g/mol. The lowest BCUT2D eigenvalue weighted by Gasteiger charge is -2.09. The molecule has 2 N–H and O–H groups in total. The molecule has 16 heavy (non-hydrogen) atoms. The second-order valence-corrected chi connectivity index (χ2v) is 4.42. The lowest BCUT2D eigenvalue weighted by Crippen LogP contribution is -2.15. The summed E-state index contributed by atoms with van der Waals surface area (Å²) in [5.41, 5.74) is 5.20. The van der Waals surface area contributed by atoms with E-state index in [1.165, 1.54) is 18.1 Å². The number of carbonyl (C=O) groups excluding carboxylic acids is 1. The van der Waals surface area contributed by atoms with E-state index in [0.717, 1.165) is 0 Å². The fourth-order valence-corrected chi connectivity index (χ4v) is 1.60. The van der Waals surface area contributed by atoms with E-state index in [-0.39, 0.29) is 11.7 Å². The molecule has 7 heteroatoms. The van der Waals surface area contributed by atoms with E-state index in [0.29, 0.717) is 23.9 Å². The lowest BCUT2D eigenvalue weighted by molar-refractivity contribution is -0.109. The highest BCUT2D eigenvalue weighted by Gasteiger charge is 2.04. The molecule has 0 aliphatic heterocycles. The molecule has 0 bridgehead atoms. The Labute approximate surface area is 98.7 Å². The summed E-state index contributed by atoms with van der Waals surface area (Å²) in [5.74, 6) is 1.96. The van der Waals surface area contributed by atoms with Crippen molar-refractivity contribution in [1.82, 2.24) is 15.0 Å². The van der Waals surface area contributed by atoms with Crippen molar-refractivity contribution in [2.75, 3.05) is 31.3 Å². The molecular weight excluding hydrogens is 226 g/mol. The van der Waals surface area contributed by atoms with Crippen LogP contribution in [0.3, 0.4) is 0 Å². The standard InChI is InChI=1S/C9H15N5OS/c1-14(2)9-12-6-11-7(13-9)3-4-16-8(15)5-10/h6H,3-5,10H2,1-2H3. The van der Waals surface area contributed by atoms with Gasteiger partial charge in [-0.2, -0.15) is 4.98 Å². The molecule has 0 aliphatic carbocycles. The van der Waals surface area contributed by atoms with Crippen molar-refractivity contribution in [3.8, 4) is 0 Å². The lowest BCUT2D eigenvalue weighted by atomic mass is 10.4. The monoisotopic (exact) mass is 241 g/mol. The summed E-state index contributed by atoms with van der Waals surface area (Å²) in [5, 5.41) is -0.0121. The molecule has 1 aromatic heterocycles. The van der Waals surface area contributed by atoms with Crippen LogP contribution in [0.4, 0.5) is 5.95 Å². The molecule has 0 aliphatic rings. The van der Waals surface area contributed by atoms with Gasteiger partial charge in [0.15, 0.2) is 0 Å². The van der Waals surface area contributed by atoms with E-state index in [2.05, 4.69) is 15.0 Å². The van der Waals surface area contributed by atoms with Gasteiger partial charge in [-0.25, -0.2) is 9.97 Å². The Morgan fingerprint density at radius 2 is 2.25 bits per heavy atom. The molecule has 0 fully saturated rings. The number of nitrogens with two attached hydrogens (primary N) is 1. The summed E-state index contributed by atoms with van der Waals surface area (Å²) >= 11 is 1.21. The van der Waals surface area contributed by atoms with Crippen molar-refractivity contribution in [1.29, 1.82) is 0 Å². The zero-order valence-electron chi connectivity index (χ0n) is 9.38. The predicted molar refractivity (Wildman–Crippen MR) is 64.4 cm³/mol. The maximum Gasteiger partial charge on any atom is 0.228 e. The first kappa shape index (κ1) is 12.9. The Bertz CT molecular complexity index is 358. The number of aryl methyl sites for hydroxylation is 1. The topological polar surface area (TPSA) is 85.0 Å². The summed E-state index contributed by atoms with van der Waals surface area (Å²) in [4.78, 5) is 25.1. The number of hydrogen-bond donors (Lipinski definition) is 1. The molecule has 1 heterocycles. The normalized spacial score (nSPS) is 10.2. The molecule has 6 nitrogen and oxygen atoms in total. The number of aromatic nitrogens is 3. The average Bonchev–Trinajstić information content (AvgIpc) is 2.29. The first-order chi connectivity index (χ1) is 7.63. The first-order valence-electron chi connectivity index (χ1n) is 4.84. The van der Waals surface area contributed by atoms with Gasteiger partial charge in [0.2, 0.25) is 11.1 Å². The Kier molecular flexibility index (Phi) is 5.13. The molecule has 0 radical (unpaired) electrons. The van der Waals surface area contributed by atoms with Gasteiger partial charge in [-0.05, 0) is 0 Å². The Balaban J connectivity index is 2.48. The van der Waals surface area contributed by atoms with E-state index in [1.54, 1.807) is 0 Å². The highest BCUT2D eigenvalue weighted by Crippen LogP contribution is 2.06. The first-order valence-corrected chi connectivity index (χ1v) is 5.83. The summed E-state index contributed by atoms with van der Waals surface area (Å²) in [6.07, 6.45) is 2.12. The van der Waals surface area contributed by atoms with Crippen molar-refractivity contribution in [3.05, 3.63) is 12.2 Å². The van der Waals surface area contributed by atoms with Crippen molar-refractivity contribution in [2.24, 2.45) is 5.73 Å². The van der Waals surface area contributed by atoms with Crippen LogP contribution in [0.25, 0.3) is 0 Å². The quantitative estimate of drug-likeness (QED) is 0.757. The van der Waals surface area contributed by atoms with Crippen molar-refractivity contribution >= 4 is 22.8 Å². The zero-order valence-corrected chi connectivity index (χ0v) is 10.2. The molecule has 88 valence electrons. The molecule has 1 aromatic rings. The molecule has 0 unspecified atom stereocenters. The second kappa shape index (κ2) is 6.39. The van der Waals surface area contributed by atoms with Crippen LogP contribution in [-0.2, 0) is 11.2 Å². The summed E-state index contributed by atoms with van der Waals surface area (Å²) in [6, 6.07) is 0. The van der Waals surface area contributed by atoms with E-state index in [4.69, 9.17) is 5.73 Å². The number of rotatable bonds is 5. The number of nitrogens with zero attached hydrogens (tertiary/aromatic N) is 4. The van der Waals surface area contributed by atoms with Crippen LogP contribution < -0.4 is 10.6 Å². The Hall–Kier alpha value is -1.21. The summed E-state index contributed by atoms with van der Waals surface area (Å²) < 4.78 is 0. The van der Waals surface area contributed by atoms with Crippen molar-refractivity contribution in [2.45, 2.75) is 6.42 Å². The minimum Gasteiger partial charge on any atom is -0.347 e. The smallest absolute Gasteiger partial charge is 0.228 e. The van der Waals surface area contributed by atoms with E-state index in [9.17, 15) is 4.79 Å². The molecule has 0 atom stereocenters. The zero-order chi connectivity index (χ0) is 12.0. The van der Waals surface area contributed by atoms with Crippen LogP contribution in [0, 0.1) is 0 Å². The third kappa shape index (κ3) is 4.11. The van der Waals surface area contributed by atoms with Crippen LogP contribution in [0.1, 0.15) is 5.82 Å². The van der Waals surface area contributed by atoms with E-state index >= 15 is 0 Å². The van der Waals surface area contributed by atoms with Crippen LogP contribution in [0.2, 0.25) is 0 Å². The van der Waals surface area contributed by atoms with Gasteiger partial charge >= 0.3 is 0 Å². The fraction of sp³-hybridized carbons (Fsp3) is 0.556. The molecule has 0 amide bonds. The molecule has 0 spiro atoms. The van der Waals surface area contributed by atoms with Crippen molar-refractivity contribution in [3.63, 3.8) is 0 Å². The van der Waals surface area contributed by atoms with E-state index < -0.39 is 0 Å². The van der Waals surface area contributed by atoms with Gasteiger partial charge in [0.1, 0.15) is 12.2 Å². The van der Waals surface area contributed by atoms with Gasteiger partial charge < -0.3 is 10.6 Å². The minimum atomic E-state index is -0.0121. The summed E-state index contributed by atoms with van der Waals surface area (Å²) in [6.45, 7) is 0.0742. The molecule has 0 saturated heterocycles. The number of hydrogen-bond acceptors (Lipinski definition) is 7. The van der Waals surface area contributed by atoms with Crippen LogP contribution in [-0.4, -0.2) is 46.5 Å². The number of anilines is 1. The molecule has 0 aromatic carbocycles. The Morgan fingerprint density at radius 1 is 1.50 bits per heavy atom. The van der Waals surface area contributed by atoms with Gasteiger partial charge in [-0.1, -0.05) is 11.8 Å². The second-order valence-electron chi connectivity index (χ2n) is 3.27. The van der Waals surface area contributed by atoms with Crippen molar-refractivity contribution < 1.29 is 4.79 Å². The van der Waals surface area contributed by atoms with Gasteiger partial charge in [0.05, 0.1) is 6.54 Å². The van der Waals surface area contributed by atoms with E-state index in [1.807, 2.05) is 19.0 Å². The van der Waals surface area contributed by atoms with Crippen LogP contribution in [0.5, 0.6) is 0 Å². The number of thioether (sulfide) groups is 1. The van der Waals surface area contributed by atoms with Gasteiger partial charge in [0.25, 0.3) is 0 Å². The maximum absolute atomic E-state index is 11.0. The van der Waals surface area contributed by atoms with Gasteiger partial charge in [-0.15, -0.1) is 0 Å². The van der Waals surface area contributed by atoms with Crippen LogP contribution in [0.15, 0.2) is 6.33 Å². The maximum atomic E-state index is 11.0. The van der Waals surface area contributed by atoms with Gasteiger partial charge in [0, 0.05) is 26.3 Å². The largest absolute Gasteiger partial charge is 0.347 e. The minimum absolute atomic E-state index is 0.0121. The summed E-state index contributed by atoms with van der Waals surface area (Å²) in [7, 11) is 3.73. The molecular formula is C9H15N5OS. The van der Waals surface area contributed by atoms with Crippen LogP contribution >= 0.6 is 11.8 Å². The van der Waals surface area contributed by atoms with Gasteiger partial charge in [-0.3, -0.25) is 4.79 Å². The highest BCUT2D eigenvalue weighted by molar-refractivity contribution is 8.13. The SMILES string of the molecule is CN(C)c1ncnc(CCSC(=O)CN)n1. The number of carbonyl (C=O) groups is 1. The highest BCUT2D eigenvalue weighted by atomic mass is 32.2. The third-order valence-electron chi connectivity index (χ3n) is 1.76. The fourth-order valence-electron chi connectivity index (χ4n) is 0.971. The Morgan fingerprint density at radius 3 is 2.88 bits per heavy atom. The molecule has 1 rings (SSSR count). The molecule has 0 saturated carbocycles.